The molecule has 3 rings (SSSR count). The third-order valence-electron chi connectivity index (χ3n) is 3.14. The second-order valence-electron chi connectivity index (χ2n) is 4.62. The van der Waals surface area contributed by atoms with Crippen molar-refractivity contribution in [3.8, 4) is 16.3 Å². The first kappa shape index (κ1) is 13.6. The number of aromatic nitrogens is 1. The van der Waals surface area contributed by atoms with Crippen molar-refractivity contribution in [3.63, 3.8) is 0 Å². The van der Waals surface area contributed by atoms with Gasteiger partial charge in [0, 0.05) is 5.56 Å². The van der Waals surface area contributed by atoms with Crippen LogP contribution in [0, 0.1) is 0 Å². The fourth-order valence-corrected chi connectivity index (χ4v) is 3.07. The van der Waals surface area contributed by atoms with Crippen molar-refractivity contribution in [2.45, 2.75) is 6.42 Å². The molecular weight excluding hydrogens is 286 g/mol. The summed E-state index contributed by atoms with van der Waals surface area (Å²) in [5, 5.41) is 9.76. The van der Waals surface area contributed by atoms with Gasteiger partial charge in [0.1, 0.15) is 10.8 Å². The van der Waals surface area contributed by atoms with Crippen molar-refractivity contribution in [2.24, 2.45) is 0 Å². The molecule has 5 heteroatoms. The quantitative estimate of drug-likeness (QED) is 0.799. The lowest BCUT2D eigenvalue weighted by molar-refractivity contribution is -0.136. The summed E-state index contributed by atoms with van der Waals surface area (Å²) in [6.45, 7) is 0. The molecule has 0 aliphatic carbocycles. The Hall–Kier alpha value is -2.40. The topological polar surface area (TPSA) is 59.4 Å². The Kier molecular flexibility index (Phi) is 3.58. The van der Waals surface area contributed by atoms with Gasteiger partial charge in [0.25, 0.3) is 0 Å². The molecule has 0 saturated heterocycles. The number of carboxylic acids is 1. The molecule has 0 bridgehead atoms. The number of methoxy groups -OCH3 is 1. The summed E-state index contributed by atoms with van der Waals surface area (Å²) >= 11 is 1.59. The minimum atomic E-state index is -0.833. The van der Waals surface area contributed by atoms with E-state index in [4.69, 9.17) is 9.84 Å². The molecule has 1 N–H and O–H groups in total. The molecule has 0 unspecified atom stereocenters. The van der Waals surface area contributed by atoms with Crippen molar-refractivity contribution >= 4 is 27.5 Å². The molecule has 0 aliphatic rings. The molecule has 0 radical (unpaired) electrons. The van der Waals surface area contributed by atoms with Crippen LogP contribution < -0.4 is 4.74 Å². The summed E-state index contributed by atoms with van der Waals surface area (Å²) in [6, 6.07) is 13.3. The maximum Gasteiger partial charge on any atom is 0.307 e. The third-order valence-corrected chi connectivity index (χ3v) is 4.23. The van der Waals surface area contributed by atoms with Gasteiger partial charge in [-0.25, -0.2) is 4.98 Å². The monoisotopic (exact) mass is 299 g/mol. The molecule has 0 amide bonds. The number of nitrogens with zero attached hydrogens (tertiary/aromatic N) is 1. The Balaban J connectivity index is 1.97. The van der Waals surface area contributed by atoms with Gasteiger partial charge >= 0.3 is 5.97 Å². The largest absolute Gasteiger partial charge is 0.497 e. The fourth-order valence-electron chi connectivity index (χ4n) is 2.11. The number of carbonyl (C=O) groups is 1. The van der Waals surface area contributed by atoms with Crippen molar-refractivity contribution in [1.82, 2.24) is 4.98 Å². The van der Waals surface area contributed by atoms with Crippen molar-refractivity contribution in [3.05, 3.63) is 48.0 Å². The molecule has 0 fully saturated rings. The van der Waals surface area contributed by atoms with Gasteiger partial charge in [-0.3, -0.25) is 4.79 Å². The van der Waals surface area contributed by atoms with E-state index in [2.05, 4.69) is 4.98 Å². The average Bonchev–Trinajstić information content (AvgIpc) is 2.90. The first-order chi connectivity index (χ1) is 10.2. The summed E-state index contributed by atoms with van der Waals surface area (Å²) in [7, 11) is 1.64. The average molecular weight is 299 g/mol. The van der Waals surface area contributed by atoms with E-state index in [9.17, 15) is 4.79 Å². The van der Waals surface area contributed by atoms with Crippen molar-refractivity contribution in [1.29, 1.82) is 0 Å². The van der Waals surface area contributed by atoms with Gasteiger partial charge in [0.05, 0.1) is 23.7 Å². The van der Waals surface area contributed by atoms with Crippen LogP contribution in [0.3, 0.4) is 0 Å². The molecule has 0 atom stereocenters. The van der Waals surface area contributed by atoms with Gasteiger partial charge in [-0.1, -0.05) is 6.07 Å². The van der Waals surface area contributed by atoms with Gasteiger partial charge in [-0.05, 0) is 42.0 Å². The molecular formula is C16H13NO3S. The highest BCUT2D eigenvalue weighted by molar-refractivity contribution is 7.21. The van der Waals surface area contributed by atoms with Gasteiger partial charge in [0.2, 0.25) is 0 Å². The molecule has 21 heavy (non-hydrogen) atoms. The number of carboxylic acid groups (broad SMARTS) is 1. The zero-order valence-corrected chi connectivity index (χ0v) is 12.2. The van der Waals surface area contributed by atoms with Crippen LogP contribution in [0.4, 0.5) is 0 Å². The fraction of sp³-hybridized carbons (Fsp3) is 0.125. The van der Waals surface area contributed by atoms with E-state index in [0.717, 1.165) is 32.1 Å². The van der Waals surface area contributed by atoms with Gasteiger partial charge in [-0.2, -0.15) is 0 Å². The second-order valence-corrected chi connectivity index (χ2v) is 5.65. The summed E-state index contributed by atoms with van der Waals surface area (Å²) in [5.74, 6) is -0.0245. The normalized spacial score (nSPS) is 10.7. The van der Waals surface area contributed by atoms with Gasteiger partial charge in [-0.15, -0.1) is 11.3 Å². The molecule has 0 spiro atoms. The number of aliphatic carboxylic acids is 1. The highest BCUT2D eigenvalue weighted by Gasteiger charge is 2.08. The van der Waals surface area contributed by atoms with Crippen LogP contribution in [0.1, 0.15) is 5.56 Å². The maximum absolute atomic E-state index is 10.8. The first-order valence-corrected chi connectivity index (χ1v) is 7.23. The van der Waals surface area contributed by atoms with E-state index in [-0.39, 0.29) is 6.42 Å². The third kappa shape index (κ3) is 2.87. The maximum atomic E-state index is 10.8. The number of ether oxygens (including phenoxy) is 1. The van der Waals surface area contributed by atoms with E-state index in [1.54, 1.807) is 18.4 Å². The van der Waals surface area contributed by atoms with Crippen LogP contribution in [0.2, 0.25) is 0 Å². The molecule has 1 aromatic heterocycles. The first-order valence-electron chi connectivity index (χ1n) is 6.41. The van der Waals surface area contributed by atoms with Gasteiger partial charge < -0.3 is 9.84 Å². The number of hydrogen-bond donors (Lipinski definition) is 1. The highest BCUT2D eigenvalue weighted by Crippen LogP contribution is 2.31. The number of benzene rings is 2. The minimum Gasteiger partial charge on any atom is -0.497 e. The van der Waals surface area contributed by atoms with E-state index < -0.39 is 5.97 Å². The zero-order chi connectivity index (χ0) is 14.8. The number of thiazole rings is 1. The summed E-state index contributed by atoms with van der Waals surface area (Å²) in [4.78, 5) is 15.4. The molecule has 0 aliphatic heterocycles. The molecule has 1 heterocycles. The standard InChI is InChI=1S/C16H13NO3S/c1-20-12-5-3-11(4-6-12)16-17-13-8-10(9-15(18)19)2-7-14(13)21-16/h2-8H,9H2,1H3,(H,18,19). The zero-order valence-electron chi connectivity index (χ0n) is 11.4. The summed E-state index contributed by atoms with van der Waals surface area (Å²) < 4.78 is 6.19. The molecule has 106 valence electrons. The van der Waals surface area contributed by atoms with Crippen molar-refractivity contribution in [2.75, 3.05) is 7.11 Å². The van der Waals surface area contributed by atoms with E-state index in [0.29, 0.717) is 0 Å². The lowest BCUT2D eigenvalue weighted by atomic mass is 10.1. The molecule has 3 aromatic rings. The van der Waals surface area contributed by atoms with Crippen LogP contribution in [0.5, 0.6) is 5.75 Å². The van der Waals surface area contributed by atoms with Crippen LogP contribution in [-0.4, -0.2) is 23.2 Å². The van der Waals surface area contributed by atoms with Crippen LogP contribution in [0.15, 0.2) is 42.5 Å². The SMILES string of the molecule is COc1ccc(-c2nc3cc(CC(=O)O)ccc3s2)cc1. The Bertz CT molecular complexity index is 793. The predicted molar refractivity (Wildman–Crippen MR) is 82.9 cm³/mol. The van der Waals surface area contributed by atoms with Crippen molar-refractivity contribution < 1.29 is 14.6 Å². The Morgan fingerprint density at radius 2 is 2.00 bits per heavy atom. The number of hydrogen-bond acceptors (Lipinski definition) is 4. The number of rotatable bonds is 4. The van der Waals surface area contributed by atoms with Crippen LogP contribution in [-0.2, 0) is 11.2 Å². The summed E-state index contributed by atoms with van der Waals surface area (Å²) in [6.07, 6.45) is 0.0192. The van der Waals surface area contributed by atoms with E-state index >= 15 is 0 Å². The lowest BCUT2D eigenvalue weighted by Crippen LogP contribution is -1.99. The Morgan fingerprint density at radius 1 is 1.24 bits per heavy atom. The smallest absolute Gasteiger partial charge is 0.307 e. The molecule has 0 saturated carbocycles. The van der Waals surface area contributed by atoms with E-state index in [1.807, 2.05) is 42.5 Å². The van der Waals surface area contributed by atoms with Crippen LogP contribution in [0.25, 0.3) is 20.8 Å². The Morgan fingerprint density at radius 3 is 2.67 bits per heavy atom. The molecule has 2 aromatic carbocycles. The molecule has 4 nitrogen and oxygen atoms in total. The van der Waals surface area contributed by atoms with Gasteiger partial charge in [0.15, 0.2) is 0 Å². The predicted octanol–water partition coefficient (Wildman–Crippen LogP) is 3.60. The second kappa shape index (κ2) is 5.54. The number of fused-ring (bicyclic) bond motifs is 1. The minimum absolute atomic E-state index is 0.0192. The lowest BCUT2D eigenvalue weighted by Gasteiger charge is -1.99. The van der Waals surface area contributed by atoms with Crippen LogP contribution >= 0.6 is 11.3 Å². The highest BCUT2D eigenvalue weighted by atomic mass is 32.1. The summed E-state index contributed by atoms with van der Waals surface area (Å²) in [5.41, 5.74) is 2.63. The Labute approximate surface area is 125 Å². The van der Waals surface area contributed by atoms with E-state index in [1.165, 1.54) is 0 Å².